The summed E-state index contributed by atoms with van der Waals surface area (Å²) in [6.45, 7) is 10.6. The van der Waals surface area contributed by atoms with Gasteiger partial charge in [-0.1, -0.05) is 32.1 Å². The number of anilines is 1. The SMILES string of the molecule is CCCNc1nnc(CN(CC)CCC)s1. The van der Waals surface area contributed by atoms with E-state index in [-0.39, 0.29) is 0 Å². The lowest BCUT2D eigenvalue weighted by atomic mass is 10.4. The van der Waals surface area contributed by atoms with Gasteiger partial charge in [0, 0.05) is 6.54 Å². The molecule has 0 radical (unpaired) electrons. The molecule has 0 amide bonds. The van der Waals surface area contributed by atoms with Gasteiger partial charge in [-0.15, -0.1) is 10.2 Å². The third-order valence-electron chi connectivity index (χ3n) is 2.34. The van der Waals surface area contributed by atoms with Crippen molar-refractivity contribution in [2.75, 3.05) is 25.0 Å². The first kappa shape index (κ1) is 13.4. The fraction of sp³-hybridized carbons (Fsp3) is 0.818. The molecule has 0 saturated heterocycles. The van der Waals surface area contributed by atoms with E-state index in [1.165, 1.54) is 6.42 Å². The summed E-state index contributed by atoms with van der Waals surface area (Å²) in [6, 6.07) is 0. The minimum atomic E-state index is 0.926. The quantitative estimate of drug-likeness (QED) is 0.761. The molecule has 92 valence electrons. The summed E-state index contributed by atoms with van der Waals surface area (Å²) in [7, 11) is 0. The minimum absolute atomic E-state index is 0.926. The molecule has 1 aromatic rings. The maximum absolute atomic E-state index is 4.20. The summed E-state index contributed by atoms with van der Waals surface area (Å²) in [5.41, 5.74) is 0. The highest BCUT2D eigenvalue weighted by atomic mass is 32.1. The standard InChI is InChI=1S/C11H22N4S/c1-4-7-12-11-14-13-10(16-11)9-15(6-3)8-5-2/h4-9H2,1-3H3,(H,12,14). The largest absolute Gasteiger partial charge is 0.360 e. The molecule has 1 heterocycles. The first-order chi connectivity index (χ1) is 7.80. The summed E-state index contributed by atoms with van der Waals surface area (Å²) in [5.74, 6) is 0. The van der Waals surface area contributed by atoms with Gasteiger partial charge >= 0.3 is 0 Å². The van der Waals surface area contributed by atoms with Crippen LogP contribution >= 0.6 is 11.3 Å². The van der Waals surface area contributed by atoms with Crippen molar-refractivity contribution in [1.29, 1.82) is 0 Å². The molecule has 1 N–H and O–H groups in total. The van der Waals surface area contributed by atoms with E-state index in [1.54, 1.807) is 11.3 Å². The van der Waals surface area contributed by atoms with E-state index in [2.05, 4.69) is 41.2 Å². The van der Waals surface area contributed by atoms with Gasteiger partial charge in [-0.25, -0.2) is 0 Å². The van der Waals surface area contributed by atoms with Crippen molar-refractivity contribution in [2.45, 2.75) is 40.2 Å². The monoisotopic (exact) mass is 242 g/mol. The Hall–Kier alpha value is -0.680. The molecule has 0 aliphatic rings. The van der Waals surface area contributed by atoms with E-state index >= 15 is 0 Å². The van der Waals surface area contributed by atoms with E-state index in [0.29, 0.717) is 0 Å². The van der Waals surface area contributed by atoms with E-state index in [1.807, 2.05) is 0 Å². The maximum atomic E-state index is 4.20. The maximum Gasteiger partial charge on any atom is 0.205 e. The summed E-state index contributed by atoms with van der Waals surface area (Å²) in [6.07, 6.45) is 2.30. The fourth-order valence-corrected chi connectivity index (χ4v) is 2.29. The Morgan fingerprint density at radius 2 is 2.00 bits per heavy atom. The highest BCUT2D eigenvalue weighted by Crippen LogP contribution is 2.16. The van der Waals surface area contributed by atoms with Crippen molar-refractivity contribution in [2.24, 2.45) is 0 Å². The third kappa shape index (κ3) is 4.45. The summed E-state index contributed by atoms with van der Waals surface area (Å²) >= 11 is 1.67. The average Bonchev–Trinajstić information content (AvgIpc) is 2.73. The van der Waals surface area contributed by atoms with Gasteiger partial charge in [-0.3, -0.25) is 4.90 Å². The first-order valence-electron chi connectivity index (χ1n) is 6.08. The number of nitrogens with one attached hydrogen (secondary N) is 1. The van der Waals surface area contributed by atoms with Crippen molar-refractivity contribution >= 4 is 16.5 Å². The molecule has 5 heteroatoms. The molecule has 0 saturated carbocycles. The lowest BCUT2D eigenvalue weighted by Gasteiger charge is -2.16. The zero-order valence-electron chi connectivity index (χ0n) is 10.5. The van der Waals surface area contributed by atoms with Crippen LogP contribution in [-0.4, -0.2) is 34.7 Å². The number of hydrogen-bond donors (Lipinski definition) is 1. The van der Waals surface area contributed by atoms with Crippen molar-refractivity contribution in [1.82, 2.24) is 15.1 Å². The predicted molar refractivity (Wildman–Crippen MR) is 69.9 cm³/mol. The Balaban J connectivity index is 2.43. The Morgan fingerprint density at radius 3 is 2.62 bits per heavy atom. The van der Waals surface area contributed by atoms with E-state index < -0.39 is 0 Å². The van der Waals surface area contributed by atoms with Crippen LogP contribution in [0.4, 0.5) is 5.13 Å². The van der Waals surface area contributed by atoms with Gasteiger partial charge in [0.25, 0.3) is 0 Å². The molecule has 0 fully saturated rings. The van der Waals surface area contributed by atoms with Crippen molar-refractivity contribution in [3.8, 4) is 0 Å². The molecule has 0 atom stereocenters. The van der Waals surface area contributed by atoms with Crippen molar-refractivity contribution < 1.29 is 0 Å². The summed E-state index contributed by atoms with van der Waals surface area (Å²) < 4.78 is 0. The Morgan fingerprint density at radius 1 is 1.19 bits per heavy atom. The molecule has 4 nitrogen and oxygen atoms in total. The highest BCUT2D eigenvalue weighted by Gasteiger charge is 2.07. The molecule has 0 aliphatic heterocycles. The smallest absolute Gasteiger partial charge is 0.205 e. The second kappa shape index (κ2) is 7.57. The van der Waals surface area contributed by atoms with Crippen LogP contribution in [0.1, 0.15) is 38.6 Å². The fourth-order valence-electron chi connectivity index (χ4n) is 1.48. The zero-order valence-corrected chi connectivity index (χ0v) is 11.3. The van der Waals surface area contributed by atoms with Crippen LogP contribution in [0.3, 0.4) is 0 Å². The lowest BCUT2D eigenvalue weighted by molar-refractivity contribution is 0.279. The van der Waals surface area contributed by atoms with Crippen LogP contribution in [0.15, 0.2) is 0 Å². The molecular formula is C11H22N4S. The predicted octanol–water partition coefficient (Wildman–Crippen LogP) is 2.59. The van der Waals surface area contributed by atoms with E-state index in [9.17, 15) is 0 Å². The van der Waals surface area contributed by atoms with Gasteiger partial charge in [-0.2, -0.15) is 0 Å². The van der Waals surface area contributed by atoms with Crippen LogP contribution in [0.2, 0.25) is 0 Å². The molecular weight excluding hydrogens is 220 g/mol. The first-order valence-corrected chi connectivity index (χ1v) is 6.90. The minimum Gasteiger partial charge on any atom is -0.360 e. The van der Waals surface area contributed by atoms with Crippen LogP contribution in [0.5, 0.6) is 0 Å². The molecule has 0 aliphatic carbocycles. The second-order valence-electron chi connectivity index (χ2n) is 3.80. The summed E-state index contributed by atoms with van der Waals surface area (Å²) in [4.78, 5) is 2.39. The molecule has 0 aromatic carbocycles. The van der Waals surface area contributed by atoms with Gasteiger partial charge in [0.05, 0.1) is 6.54 Å². The van der Waals surface area contributed by atoms with Crippen LogP contribution in [0, 0.1) is 0 Å². The Kier molecular flexibility index (Phi) is 6.33. The van der Waals surface area contributed by atoms with Crippen molar-refractivity contribution in [3.63, 3.8) is 0 Å². The molecule has 1 aromatic heterocycles. The number of hydrogen-bond acceptors (Lipinski definition) is 5. The number of aromatic nitrogens is 2. The van der Waals surface area contributed by atoms with Gasteiger partial charge in [0.1, 0.15) is 5.01 Å². The van der Waals surface area contributed by atoms with E-state index in [0.717, 1.165) is 42.7 Å². The Bertz CT molecular complexity index is 287. The van der Waals surface area contributed by atoms with Gasteiger partial charge in [0.2, 0.25) is 5.13 Å². The third-order valence-corrected chi connectivity index (χ3v) is 3.20. The zero-order chi connectivity index (χ0) is 11.8. The molecule has 0 unspecified atom stereocenters. The van der Waals surface area contributed by atoms with Gasteiger partial charge in [0.15, 0.2) is 0 Å². The van der Waals surface area contributed by atoms with Crippen molar-refractivity contribution in [3.05, 3.63) is 5.01 Å². The van der Waals surface area contributed by atoms with E-state index in [4.69, 9.17) is 0 Å². The lowest BCUT2D eigenvalue weighted by Crippen LogP contribution is -2.23. The normalized spacial score (nSPS) is 11.0. The molecule has 1 rings (SSSR count). The molecule has 16 heavy (non-hydrogen) atoms. The van der Waals surface area contributed by atoms with Crippen LogP contribution < -0.4 is 5.32 Å². The molecule has 0 spiro atoms. The van der Waals surface area contributed by atoms with Crippen LogP contribution in [-0.2, 0) is 6.54 Å². The highest BCUT2D eigenvalue weighted by molar-refractivity contribution is 7.15. The van der Waals surface area contributed by atoms with Crippen LogP contribution in [0.25, 0.3) is 0 Å². The molecule has 0 bridgehead atoms. The Labute approximate surface area is 102 Å². The topological polar surface area (TPSA) is 41.1 Å². The second-order valence-corrected chi connectivity index (χ2v) is 4.86. The summed E-state index contributed by atoms with van der Waals surface area (Å²) in [5, 5.41) is 13.7. The average molecular weight is 242 g/mol. The van der Waals surface area contributed by atoms with Gasteiger partial charge < -0.3 is 5.32 Å². The van der Waals surface area contributed by atoms with Gasteiger partial charge in [-0.05, 0) is 25.9 Å². The number of rotatable bonds is 8. The number of nitrogens with zero attached hydrogens (tertiary/aromatic N) is 3.